The summed E-state index contributed by atoms with van der Waals surface area (Å²) in [7, 11) is 1.76. The number of hydrogen-bond donors (Lipinski definition) is 2. The maximum absolute atomic E-state index is 5.54. The Balaban J connectivity index is 1.69. The molecule has 1 saturated heterocycles. The summed E-state index contributed by atoms with van der Waals surface area (Å²) in [5, 5.41) is 6.48. The summed E-state index contributed by atoms with van der Waals surface area (Å²) in [5.41, 5.74) is 1.10. The van der Waals surface area contributed by atoms with Crippen molar-refractivity contribution in [3.05, 3.63) is 24.2 Å². The smallest absolute Gasteiger partial charge is 0.191 e. The number of furan rings is 1. The SMILES string of the molecule is CN=C(NCc1ccoc1)NCC1CCCO1. The van der Waals surface area contributed by atoms with E-state index in [0.717, 1.165) is 37.5 Å². The van der Waals surface area contributed by atoms with Crippen LogP contribution in [-0.4, -0.2) is 32.3 Å². The average Bonchev–Trinajstić information content (AvgIpc) is 3.02. The third kappa shape index (κ3) is 3.78. The number of ether oxygens (including phenoxy) is 1. The molecule has 1 aliphatic rings. The fourth-order valence-corrected chi connectivity index (χ4v) is 1.82. The van der Waals surface area contributed by atoms with Gasteiger partial charge in [0.15, 0.2) is 5.96 Å². The van der Waals surface area contributed by atoms with Gasteiger partial charge in [0.25, 0.3) is 0 Å². The lowest BCUT2D eigenvalue weighted by Gasteiger charge is -2.14. The van der Waals surface area contributed by atoms with Crippen molar-refractivity contribution >= 4 is 5.96 Å². The summed E-state index contributed by atoms with van der Waals surface area (Å²) in [6.07, 6.45) is 6.00. The largest absolute Gasteiger partial charge is 0.472 e. The standard InChI is InChI=1S/C12H19N3O2/c1-13-12(14-7-10-4-6-16-9-10)15-8-11-3-2-5-17-11/h4,6,9,11H,2-3,5,7-8H2,1H3,(H2,13,14,15). The van der Waals surface area contributed by atoms with E-state index in [0.29, 0.717) is 12.6 Å². The van der Waals surface area contributed by atoms with Crippen LogP contribution < -0.4 is 10.6 Å². The van der Waals surface area contributed by atoms with Gasteiger partial charge in [0.05, 0.1) is 18.6 Å². The highest BCUT2D eigenvalue weighted by Crippen LogP contribution is 2.10. The summed E-state index contributed by atoms with van der Waals surface area (Å²) < 4.78 is 10.5. The van der Waals surface area contributed by atoms with Crippen LogP contribution in [0.4, 0.5) is 0 Å². The molecule has 0 amide bonds. The van der Waals surface area contributed by atoms with Gasteiger partial charge < -0.3 is 19.8 Å². The second-order valence-electron chi connectivity index (χ2n) is 4.07. The zero-order valence-electron chi connectivity index (χ0n) is 10.1. The monoisotopic (exact) mass is 237 g/mol. The van der Waals surface area contributed by atoms with Gasteiger partial charge in [0.1, 0.15) is 0 Å². The lowest BCUT2D eigenvalue weighted by atomic mass is 10.2. The Bertz CT molecular complexity index is 343. The molecule has 1 aromatic heterocycles. The van der Waals surface area contributed by atoms with Crippen LogP contribution in [0.1, 0.15) is 18.4 Å². The molecule has 1 aromatic rings. The first-order chi connectivity index (χ1) is 8.38. The van der Waals surface area contributed by atoms with E-state index in [9.17, 15) is 0 Å². The molecule has 0 spiro atoms. The Hall–Kier alpha value is -1.49. The van der Waals surface area contributed by atoms with Gasteiger partial charge in [0, 0.05) is 32.3 Å². The zero-order chi connectivity index (χ0) is 11.9. The van der Waals surface area contributed by atoms with Crippen LogP contribution in [0.3, 0.4) is 0 Å². The predicted octanol–water partition coefficient (Wildman–Crippen LogP) is 1.12. The Morgan fingerprint density at radius 1 is 1.53 bits per heavy atom. The molecule has 2 N–H and O–H groups in total. The molecular weight excluding hydrogens is 218 g/mol. The van der Waals surface area contributed by atoms with E-state index in [-0.39, 0.29) is 0 Å². The maximum Gasteiger partial charge on any atom is 0.191 e. The van der Waals surface area contributed by atoms with Gasteiger partial charge in [-0.2, -0.15) is 0 Å². The van der Waals surface area contributed by atoms with Gasteiger partial charge in [-0.15, -0.1) is 0 Å². The van der Waals surface area contributed by atoms with Gasteiger partial charge in [-0.25, -0.2) is 0 Å². The molecule has 5 nitrogen and oxygen atoms in total. The average molecular weight is 237 g/mol. The normalized spacial score (nSPS) is 20.5. The van der Waals surface area contributed by atoms with Crippen LogP contribution in [0.15, 0.2) is 28.0 Å². The van der Waals surface area contributed by atoms with Crippen LogP contribution in [0.5, 0.6) is 0 Å². The number of nitrogens with one attached hydrogen (secondary N) is 2. The van der Waals surface area contributed by atoms with Crippen LogP contribution in [0, 0.1) is 0 Å². The quantitative estimate of drug-likeness (QED) is 0.608. The minimum Gasteiger partial charge on any atom is -0.472 e. The molecule has 1 aliphatic heterocycles. The van der Waals surface area contributed by atoms with E-state index in [1.165, 1.54) is 0 Å². The Morgan fingerprint density at radius 3 is 3.12 bits per heavy atom. The van der Waals surface area contributed by atoms with Crippen LogP contribution in [-0.2, 0) is 11.3 Å². The van der Waals surface area contributed by atoms with Crippen LogP contribution >= 0.6 is 0 Å². The first-order valence-electron chi connectivity index (χ1n) is 5.95. The van der Waals surface area contributed by atoms with Crippen molar-refractivity contribution in [2.75, 3.05) is 20.2 Å². The molecule has 0 saturated carbocycles. The van der Waals surface area contributed by atoms with Crippen molar-refractivity contribution in [3.8, 4) is 0 Å². The first-order valence-corrected chi connectivity index (χ1v) is 5.95. The molecule has 0 radical (unpaired) electrons. The molecule has 2 rings (SSSR count). The molecule has 1 fully saturated rings. The van der Waals surface area contributed by atoms with Gasteiger partial charge in [-0.3, -0.25) is 4.99 Å². The van der Waals surface area contributed by atoms with E-state index in [1.54, 1.807) is 19.6 Å². The molecule has 2 heterocycles. The lowest BCUT2D eigenvalue weighted by Crippen LogP contribution is -2.40. The molecule has 5 heteroatoms. The number of guanidine groups is 1. The summed E-state index contributed by atoms with van der Waals surface area (Å²) in [6, 6.07) is 1.93. The molecule has 0 aromatic carbocycles. The molecule has 1 atom stereocenters. The van der Waals surface area contributed by atoms with E-state index < -0.39 is 0 Å². The van der Waals surface area contributed by atoms with Crippen molar-refractivity contribution in [2.24, 2.45) is 4.99 Å². The Labute approximate surface area is 101 Å². The van der Waals surface area contributed by atoms with E-state index >= 15 is 0 Å². The highest BCUT2D eigenvalue weighted by molar-refractivity contribution is 5.79. The van der Waals surface area contributed by atoms with Gasteiger partial charge in [-0.1, -0.05) is 0 Å². The summed E-state index contributed by atoms with van der Waals surface area (Å²) >= 11 is 0. The number of rotatable bonds is 4. The fourth-order valence-electron chi connectivity index (χ4n) is 1.82. The molecule has 0 bridgehead atoms. The Morgan fingerprint density at radius 2 is 2.47 bits per heavy atom. The third-order valence-electron chi connectivity index (χ3n) is 2.78. The maximum atomic E-state index is 5.54. The van der Waals surface area contributed by atoms with Crippen molar-refractivity contribution in [2.45, 2.75) is 25.5 Å². The van der Waals surface area contributed by atoms with E-state index in [1.807, 2.05) is 6.07 Å². The second-order valence-corrected chi connectivity index (χ2v) is 4.07. The molecular formula is C12H19N3O2. The van der Waals surface area contributed by atoms with Gasteiger partial charge >= 0.3 is 0 Å². The summed E-state index contributed by atoms with van der Waals surface area (Å²) in [4.78, 5) is 4.16. The summed E-state index contributed by atoms with van der Waals surface area (Å²) in [5.74, 6) is 0.793. The van der Waals surface area contributed by atoms with Crippen LogP contribution in [0.2, 0.25) is 0 Å². The van der Waals surface area contributed by atoms with Crippen molar-refractivity contribution in [3.63, 3.8) is 0 Å². The molecule has 0 aliphatic carbocycles. The number of hydrogen-bond acceptors (Lipinski definition) is 3. The summed E-state index contributed by atoms with van der Waals surface area (Å²) in [6.45, 7) is 2.40. The Kier molecular flexibility index (Phi) is 4.44. The van der Waals surface area contributed by atoms with E-state index in [4.69, 9.17) is 9.15 Å². The predicted molar refractivity (Wildman–Crippen MR) is 65.9 cm³/mol. The fraction of sp³-hybridized carbons (Fsp3) is 0.583. The van der Waals surface area contributed by atoms with Gasteiger partial charge in [0.2, 0.25) is 0 Å². The number of aliphatic imine (C=N–C) groups is 1. The van der Waals surface area contributed by atoms with Crippen LogP contribution in [0.25, 0.3) is 0 Å². The zero-order valence-corrected chi connectivity index (χ0v) is 10.1. The molecule has 1 unspecified atom stereocenters. The van der Waals surface area contributed by atoms with Crippen molar-refractivity contribution in [1.82, 2.24) is 10.6 Å². The minimum absolute atomic E-state index is 0.322. The second kappa shape index (κ2) is 6.30. The highest BCUT2D eigenvalue weighted by atomic mass is 16.5. The molecule has 17 heavy (non-hydrogen) atoms. The van der Waals surface area contributed by atoms with Crippen molar-refractivity contribution in [1.29, 1.82) is 0 Å². The highest BCUT2D eigenvalue weighted by Gasteiger charge is 2.15. The van der Waals surface area contributed by atoms with Gasteiger partial charge in [-0.05, 0) is 18.9 Å². The lowest BCUT2D eigenvalue weighted by molar-refractivity contribution is 0.114. The molecule has 94 valence electrons. The number of nitrogens with zero attached hydrogens (tertiary/aromatic N) is 1. The first kappa shape index (κ1) is 12.0. The topological polar surface area (TPSA) is 58.8 Å². The minimum atomic E-state index is 0.322. The third-order valence-corrected chi connectivity index (χ3v) is 2.78. The van der Waals surface area contributed by atoms with E-state index in [2.05, 4.69) is 15.6 Å². The van der Waals surface area contributed by atoms with Crippen molar-refractivity contribution < 1.29 is 9.15 Å².